The van der Waals surface area contributed by atoms with Gasteiger partial charge in [0.1, 0.15) is 16.2 Å². The van der Waals surface area contributed by atoms with Crippen LogP contribution < -0.4 is 15.4 Å². The van der Waals surface area contributed by atoms with Gasteiger partial charge in [-0.15, -0.1) is 0 Å². The van der Waals surface area contributed by atoms with Gasteiger partial charge in [0.2, 0.25) is 10.1 Å². The maximum absolute atomic E-state index is 14.8. The Bertz CT molecular complexity index is 1330. The van der Waals surface area contributed by atoms with Crippen LogP contribution in [0.2, 0.25) is 0 Å². The number of nitrogens with one attached hydrogen (secondary N) is 2. The minimum atomic E-state index is -1.11. The topological polar surface area (TPSA) is 86.3 Å². The van der Waals surface area contributed by atoms with Crippen LogP contribution in [0.3, 0.4) is 0 Å². The molecule has 2 aromatic carbocycles. The third-order valence-electron chi connectivity index (χ3n) is 4.71. The molecule has 0 aliphatic rings. The van der Waals surface area contributed by atoms with E-state index in [1.807, 2.05) is 37.3 Å². The Balaban J connectivity index is 1.42. The number of carbonyl (C=O) groups excluding carboxylic acids is 1. The number of rotatable bonds is 7. The van der Waals surface area contributed by atoms with Crippen LogP contribution in [0.5, 0.6) is 11.5 Å². The number of benzene rings is 2. The molecule has 1 atom stereocenters. The van der Waals surface area contributed by atoms with Crippen LogP contribution in [-0.2, 0) is 22.4 Å². The molecule has 0 bridgehead atoms. The SMILES string of the molecule is CC[S+]([O-])c1cc2nccc(Oc3ccc(NC(=S)NC(=O)Cc4ccccc4)cc3F)c2s1. The molecule has 2 N–H and O–H groups in total. The summed E-state index contributed by atoms with van der Waals surface area (Å²) in [6, 6.07) is 17.0. The van der Waals surface area contributed by atoms with Crippen molar-refractivity contribution < 1.29 is 18.5 Å². The second-order valence-corrected chi connectivity index (χ2v) is 10.6. The van der Waals surface area contributed by atoms with Gasteiger partial charge in [0, 0.05) is 30.1 Å². The summed E-state index contributed by atoms with van der Waals surface area (Å²) in [4.78, 5) is 16.4. The Morgan fingerprint density at radius 3 is 2.71 bits per heavy atom. The molecule has 1 amide bonds. The van der Waals surface area contributed by atoms with Gasteiger partial charge in [-0.05, 0) is 48.0 Å². The average Bonchev–Trinajstić information content (AvgIpc) is 3.26. The van der Waals surface area contributed by atoms with Gasteiger partial charge in [-0.2, -0.15) is 0 Å². The number of thiocarbonyl (C=S) groups is 1. The summed E-state index contributed by atoms with van der Waals surface area (Å²) in [6.07, 6.45) is 1.74. The first kappa shape index (κ1) is 24.1. The van der Waals surface area contributed by atoms with Gasteiger partial charge in [-0.1, -0.05) is 41.7 Å². The number of aromatic nitrogens is 1. The molecule has 6 nitrogen and oxygen atoms in total. The van der Waals surface area contributed by atoms with E-state index in [1.165, 1.54) is 23.5 Å². The number of ether oxygens (including phenoxy) is 1. The van der Waals surface area contributed by atoms with Crippen LogP contribution in [0.25, 0.3) is 10.2 Å². The van der Waals surface area contributed by atoms with E-state index in [0.29, 0.717) is 31.6 Å². The first-order valence-electron chi connectivity index (χ1n) is 10.3. The summed E-state index contributed by atoms with van der Waals surface area (Å²) in [6.45, 7) is 1.84. The second kappa shape index (κ2) is 10.9. The van der Waals surface area contributed by atoms with E-state index in [1.54, 1.807) is 24.4 Å². The van der Waals surface area contributed by atoms with Gasteiger partial charge in [-0.3, -0.25) is 9.78 Å². The summed E-state index contributed by atoms with van der Waals surface area (Å²) >= 11 is 5.38. The van der Waals surface area contributed by atoms with Crippen molar-refractivity contribution in [3.8, 4) is 11.5 Å². The summed E-state index contributed by atoms with van der Waals surface area (Å²) in [5.41, 5.74) is 1.88. The predicted octanol–water partition coefficient (Wildman–Crippen LogP) is 5.41. The van der Waals surface area contributed by atoms with Gasteiger partial charge < -0.3 is 19.9 Å². The Labute approximate surface area is 208 Å². The monoisotopic (exact) mass is 513 g/mol. The maximum atomic E-state index is 14.8. The Hall–Kier alpha value is -3.05. The number of hydrogen-bond donors (Lipinski definition) is 2. The molecule has 4 rings (SSSR count). The molecule has 2 aromatic heterocycles. The number of halogens is 1. The lowest BCUT2D eigenvalue weighted by Gasteiger charge is -2.12. The minimum Gasteiger partial charge on any atom is -0.611 e. The van der Waals surface area contributed by atoms with Crippen LogP contribution in [0.15, 0.2) is 71.1 Å². The fourth-order valence-electron chi connectivity index (χ4n) is 3.12. The summed E-state index contributed by atoms with van der Waals surface area (Å²) in [7, 11) is 0. The molecule has 0 aliphatic carbocycles. The first-order valence-corrected chi connectivity index (χ1v) is 12.9. The number of fused-ring (bicyclic) bond motifs is 1. The zero-order valence-electron chi connectivity index (χ0n) is 18.0. The molecule has 10 heteroatoms. The smallest absolute Gasteiger partial charge is 0.230 e. The van der Waals surface area contributed by atoms with E-state index in [-0.39, 0.29) is 23.2 Å². The second-order valence-electron chi connectivity index (χ2n) is 7.14. The van der Waals surface area contributed by atoms with Crippen molar-refractivity contribution in [1.82, 2.24) is 10.3 Å². The highest BCUT2D eigenvalue weighted by atomic mass is 32.2. The van der Waals surface area contributed by atoms with Crippen molar-refractivity contribution in [2.45, 2.75) is 17.6 Å². The van der Waals surface area contributed by atoms with Gasteiger partial charge in [0.05, 0.1) is 11.9 Å². The molecular weight excluding hydrogens is 493 g/mol. The molecule has 4 aromatic rings. The van der Waals surface area contributed by atoms with E-state index in [2.05, 4.69) is 15.6 Å². The molecule has 2 heterocycles. The lowest BCUT2D eigenvalue weighted by atomic mass is 10.1. The molecule has 0 spiro atoms. The van der Waals surface area contributed by atoms with Crippen molar-refractivity contribution in [2.24, 2.45) is 0 Å². The molecule has 0 aliphatic heterocycles. The van der Waals surface area contributed by atoms with Gasteiger partial charge in [-0.25, -0.2) is 4.39 Å². The van der Waals surface area contributed by atoms with Crippen LogP contribution >= 0.6 is 23.6 Å². The lowest BCUT2D eigenvalue weighted by Crippen LogP contribution is -2.35. The predicted molar refractivity (Wildman–Crippen MR) is 138 cm³/mol. The number of nitrogens with zero attached hydrogens (tertiary/aromatic N) is 1. The van der Waals surface area contributed by atoms with Crippen molar-refractivity contribution in [3.63, 3.8) is 0 Å². The minimum absolute atomic E-state index is 0.0173. The standard InChI is InChI=1S/C24H20FN3O3S3/c1-2-34(30)22-14-18-23(33-22)20(10-11-26-18)31-19-9-8-16(13-17(19)25)27-24(32)28-21(29)12-15-6-4-3-5-7-15/h3-11,13-14H,2,12H2,1H3,(H2,27,28,29,32). The van der Waals surface area contributed by atoms with Crippen molar-refractivity contribution in [2.75, 3.05) is 11.1 Å². The van der Waals surface area contributed by atoms with Crippen LogP contribution in [0.1, 0.15) is 12.5 Å². The third kappa shape index (κ3) is 5.89. The lowest BCUT2D eigenvalue weighted by molar-refractivity contribution is -0.119. The van der Waals surface area contributed by atoms with E-state index < -0.39 is 17.0 Å². The van der Waals surface area contributed by atoms with Gasteiger partial charge >= 0.3 is 0 Å². The molecule has 0 fully saturated rings. The van der Waals surface area contributed by atoms with Crippen LogP contribution in [-0.4, -0.2) is 26.3 Å². The highest BCUT2D eigenvalue weighted by Gasteiger charge is 2.17. The molecule has 0 saturated heterocycles. The number of anilines is 1. The van der Waals surface area contributed by atoms with Crippen molar-refractivity contribution in [1.29, 1.82) is 0 Å². The number of pyridine rings is 1. The molecular formula is C24H20FN3O3S3. The highest BCUT2D eigenvalue weighted by molar-refractivity contribution is 7.93. The molecule has 174 valence electrons. The molecule has 1 unspecified atom stereocenters. The van der Waals surface area contributed by atoms with E-state index in [9.17, 15) is 13.7 Å². The van der Waals surface area contributed by atoms with Crippen molar-refractivity contribution in [3.05, 3.63) is 78.2 Å². The zero-order valence-corrected chi connectivity index (χ0v) is 20.5. The molecule has 34 heavy (non-hydrogen) atoms. The first-order chi connectivity index (χ1) is 16.4. The summed E-state index contributed by atoms with van der Waals surface area (Å²) in [5, 5.41) is 5.46. The average molecular weight is 514 g/mol. The largest absolute Gasteiger partial charge is 0.611 e. The quantitative estimate of drug-likeness (QED) is 0.254. The summed E-state index contributed by atoms with van der Waals surface area (Å²) in [5.74, 6) is 0.0643. The van der Waals surface area contributed by atoms with Crippen LogP contribution in [0.4, 0.5) is 10.1 Å². The fourth-order valence-corrected chi connectivity index (χ4v) is 5.65. The molecule has 0 saturated carbocycles. The number of hydrogen-bond acceptors (Lipinski definition) is 6. The number of amides is 1. The van der Waals surface area contributed by atoms with Crippen molar-refractivity contribution >= 4 is 61.7 Å². The van der Waals surface area contributed by atoms with E-state index in [4.69, 9.17) is 17.0 Å². The highest BCUT2D eigenvalue weighted by Crippen LogP contribution is 2.37. The Morgan fingerprint density at radius 1 is 1.18 bits per heavy atom. The van der Waals surface area contributed by atoms with Gasteiger partial charge in [0.15, 0.2) is 16.7 Å². The number of thiophene rings is 1. The van der Waals surface area contributed by atoms with Crippen LogP contribution in [0, 0.1) is 5.82 Å². The summed E-state index contributed by atoms with van der Waals surface area (Å²) < 4.78 is 34.1. The van der Waals surface area contributed by atoms with E-state index >= 15 is 0 Å². The number of carbonyl (C=O) groups is 1. The Morgan fingerprint density at radius 2 is 1.97 bits per heavy atom. The maximum Gasteiger partial charge on any atom is 0.230 e. The third-order valence-corrected chi connectivity index (χ3v) is 7.75. The van der Waals surface area contributed by atoms with Gasteiger partial charge in [0.25, 0.3) is 0 Å². The fraction of sp³-hybridized carbons (Fsp3) is 0.125. The molecule has 0 radical (unpaired) electrons. The van der Waals surface area contributed by atoms with E-state index in [0.717, 1.165) is 5.56 Å². The normalized spacial score (nSPS) is 11.7. The zero-order chi connectivity index (χ0) is 24.1. The Kier molecular flexibility index (Phi) is 7.73.